The van der Waals surface area contributed by atoms with Crippen LogP contribution in [-0.4, -0.2) is 164 Å². The van der Waals surface area contributed by atoms with Crippen LogP contribution in [0.5, 0.6) is 0 Å². The van der Waals surface area contributed by atoms with Gasteiger partial charge in [-0.1, -0.05) is 68.8 Å². The van der Waals surface area contributed by atoms with Gasteiger partial charge in [-0.25, -0.2) is 15.0 Å². The van der Waals surface area contributed by atoms with Crippen LogP contribution in [0.4, 0.5) is 5.82 Å². The molecule has 3 heterocycles. The van der Waals surface area contributed by atoms with Crippen molar-refractivity contribution in [3.05, 3.63) is 84.6 Å². The number of primary amides is 1. The molecule has 22 heteroatoms. The summed E-state index contributed by atoms with van der Waals surface area (Å²) in [6, 6.07) is 15.4. The van der Waals surface area contributed by atoms with E-state index in [1.54, 1.807) is 13.3 Å². The number of rotatable bonds is 34. The SMILES string of the molecule is CC(C)CN(CC(=O)NCC(=O)N(CC(N)=O)[C@@H](C)c1ccccc1)C(=O)CN(CCc1c[nH]c2ccccc12)C(=O)CN(CCCCN)C(=O)C(N)CCCCNC(=O)CCCCCNc1ncnc2nc[nH]c12. The number of imidazole rings is 1. The number of hydrogen-bond acceptors (Lipinski definition) is 13. The molecule has 0 aliphatic heterocycles. The number of nitrogens with two attached hydrogens (primary N) is 3. The maximum Gasteiger partial charge on any atom is 0.242 e. The number of carbonyl (C=O) groups excluding carboxylic acids is 7. The lowest BCUT2D eigenvalue weighted by Crippen LogP contribution is -2.52. The van der Waals surface area contributed by atoms with Crippen molar-refractivity contribution in [1.29, 1.82) is 0 Å². The predicted molar refractivity (Wildman–Crippen MR) is 287 cm³/mol. The maximum atomic E-state index is 14.5. The highest BCUT2D eigenvalue weighted by molar-refractivity contribution is 5.93. The van der Waals surface area contributed by atoms with Gasteiger partial charge in [-0.15, -0.1) is 0 Å². The third-order valence-corrected chi connectivity index (χ3v) is 12.8. The topological polar surface area (TPSA) is 317 Å². The molecule has 2 atom stereocenters. The second kappa shape index (κ2) is 30.7. The number of carbonyl (C=O) groups is 7. The minimum atomic E-state index is -0.913. The number of aromatic amines is 2. The van der Waals surface area contributed by atoms with Crippen LogP contribution in [0.15, 0.2) is 73.4 Å². The number of fused-ring (bicyclic) bond motifs is 2. The Morgan fingerprint density at radius 2 is 1.43 bits per heavy atom. The number of hydrogen-bond donors (Lipinski definition) is 8. The fourth-order valence-electron chi connectivity index (χ4n) is 8.70. The zero-order valence-electron chi connectivity index (χ0n) is 43.7. The standard InChI is InChI=1S/C53H77N15O7/c1-37(2)30-67(32-46(71)60-29-47(72)68(31-44(56)69)38(3)39-16-6-4-7-17-39)49(74)33-65(27-22-40-28-59-43-20-10-9-18-41(40)43)48(73)34-66(26-15-12-23-54)53(75)42(55)19-11-14-24-57-45(70)21-8-5-13-25-58-51-50-52(62-35-61-50)64-36-63-51/h4,6-7,9-10,16-18,20,28,35-38,42,59H,5,8,11-15,19,21-27,29-34,54-55H2,1-3H3,(H2,56,69)(H,57,70)(H,60,71)(H2,58,61,62,63,64)/t38-,42?/m0/s1. The number of aromatic nitrogens is 5. The molecule has 0 saturated heterocycles. The lowest BCUT2D eigenvalue weighted by atomic mass is 10.1. The summed E-state index contributed by atoms with van der Waals surface area (Å²) in [5.74, 6) is -2.66. The highest BCUT2D eigenvalue weighted by atomic mass is 16.2. The summed E-state index contributed by atoms with van der Waals surface area (Å²) in [6.45, 7) is 5.65. The summed E-state index contributed by atoms with van der Waals surface area (Å²) in [4.78, 5) is 119. The Labute approximate surface area is 438 Å². The van der Waals surface area contributed by atoms with Gasteiger partial charge < -0.3 is 62.7 Å². The first kappa shape index (κ1) is 58.4. The van der Waals surface area contributed by atoms with Gasteiger partial charge in [-0.05, 0) is 87.9 Å². The molecule has 406 valence electrons. The number of para-hydroxylation sites is 1. The minimum absolute atomic E-state index is 0.0441. The number of anilines is 1. The van der Waals surface area contributed by atoms with Crippen LogP contribution in [0.3, 0.4) is 0 Å². The molecule has 22 nitrogen and oxygen atoms in total. The molecule has 0 bridgehead atoms. The molecule has 5 aromatic rings. The molecule has 2 aromatic carbocycles. The van der Waals surface area contributed by atoms with Gasteiger partial charge in [0.25, 0.3) is 0 Å². The molecule has 7 amide bonds. The van der Waals surface area contributed by atoms with E-state index in [2.05, 4.69) is 40.9 Å². The average molecular weight is 1040 g/mol. The first-order valence-electron chi connectivity index (χ1n) is 26.0. The Balaban J connectivity index is 1.15. The second-order valence-electron chi connectivity index (χ2n) is 19.2. The fourth-order valence-corrected chi connectivity index (χ4v) is 8.70. The number of H-pyrrole nitrogens is 2. The summed E-state index contributed by atoms with van der Waals surface area (Å²) < 4.78 is 0. The van der Waals surface area contributed by atoms with Gasteiger partial charge in [0.1, 0.15) is 11.8 Å². The van der Waals surface area contributed by atoms with Gasteiger partial charge in [0, 0.05) is 56.2 Å². The van der Waals surface area contributed by atoms with Crippen molar-refractivity contribution in [2.75, 3.05) is 77.3 Å². The van der Waals surface area contributed by atoms with Crippen molar-refractivity contribution < 1.29 is 33.6 Å². The summed E-state index contributed by atoms with van der Waals surface area (Å²) in [6.07, 6.45) is 10.8. The summed E-state index contributed by atoms with van der Waals surface area (Å²) in [5, 5.41) is 9.82. The van der Waals surface area contributed by atoms with Crippen molar-refractivity contribution in [2.24, 2.45) is 23.1 Å². The van der Waals surface area contributed by atoms with Gasteiger partial charge in [-0.3, -0.25) is 33.6 Å². The van der Waals surface area contributed by atoms with Crippen molar-refractivity contribution >= 4 is 69.2 Å². The smallest absolute Gasteiger partial charge is 0.242 e. The largest absolute Gasteiger partial charge is 0.368 e. The molecule has 75 heavy (non-hydrogen) atoms. The Morgan fingerprint density at radius 1 is 0.693 bits per heavy atom. The van der Waals surface area contributed by atoms with Gasteiger partial charge in [0.2, 0.25) is 41.4 Å². The third-order valence-electron chi connectivity index (χ3n) is 12.8. The summed E-state index contributed by atoms with van der Waals surface area (Å²) >= 11 is 0. The van der Waals surface area contributed by atoms with Crippen molar-refractivity contribution in [2.45, 2.75) is 97.1 Å². The lowest BCUT2D eigenvalue weighted by molar-refractivity contribution is -0.145. The van der Waals surface area contributed by atoms with Gasteiger partial charge in [-0.2, -0.15) is 0 Å². The zero-order chi connectivity index (χ0) is 54.1. The molecule has 3 aromatic heterocycles. The Morgan fingerprint density at radius 3 is 2.19 bits per heavy atom. The van der Waals surface area contributed by atoms with E-state index in [9.17, 15) is 33.6 Å². The average Bonchev–Trinajstić information content (AvgIpc) is 4.06. The summed E-state index contributed by atoms with van der Waals surface area (Å²) in [5.41, 5.74) is 21.8. The highest BCUT2D eigenvalue weighted by Crippen LogP contribution is 2.21. The highest BCUT2D eigenvalue weighted by Gasteiger charge is 2.29. The van der Waals surface area contributed by atoms with Gasteiger partial charge >= 0.3 is 0 Å². The monoisotopic (exact) mass is 1040 g/mol. The van der Waals surface area contributed by atoms with E-state index in [-0.39, 0.29) is 51.1 Å². The normalized spacial score (nSPS) is 12.0. The van der Waals surface area contributed by atoms with Crippen LogP contribution in [0, 0.1) is 5.92 Å². The third kappa shape index (κ3) is 19.1. The van der Waals surface area contributed by atoms with Crippen molar-refractivity contribution in [1.82, 2.24) is 55.2 Å². The Hall–Kier alpha value is -7.46. The molecular formula is C53H77N15O7. The summed E-state index contributed by atoms with van der Waals surface area (Å²) in [7, 11) is 0. The number of nitrogens with zero attached hydrogens (tertiary/aromatic N) is 7. The molecule has 0 spiro atoms. The molecule has 0 fully saturated rings. The van der Waals surface area contributed by atoms with Crippen molar-refractivity contribution in [3.8, 4) is 0 Å². The number of benzene rings is 2. The molecular weight excluding hydrogens is 959 g/mol. The molecule has 0 radical (unpaired) electrons. The van der Waals surface area contributed by atoms with Crippen LogP contribution in [0.1, 0.15) is 95.7 Å². The Bertz CT molecular complexity index is 2620. The van der Waals surface area contributed by atoms with Crippen LogP contribution in [-0.2, 0) is 40.0 Å². The van der Waals surface area contributed by atoms with E-state index in [1.807, 2.05) is 74.6 Å². The van der Waals surface area contributed by atoms with Crippen LogP contribution < -0.4 is 33.2 Å². The van der Waals surface area contributed by atoms with Crippen LogP contribution >= 0.6 is 0 Å². The van der Waals surface area contributed by atoms with Crippen molar-refractivity contribution in [3.63, 3.8) is 0 Å². The number of nitrogens with one attached hydrogen (secondary N) is 5. The minimum Gasteiger partial charge on any atom is -0.368 e. The molecule has 0 aliphatic rings. The molecule has 1 unspecified atom stereocenters. The quantitative estimate of drug-likeness (QED) is 0.0275. The maximum absolute atomic E-state index is 14.5. The van der Waals surface area contributed by atoms with E-state index in [1.165, 1.54) is 25.9 Å². The number of amides is 7. The van der Waals surface area contributed by atoms with E-state index in [4.69, 9.17) is 17.2 Å². The lowest BCUT2D eigenvalue weighted by Gasteiger charge is -2.31. The van der Waals surface area contributed by atoms with E-state index in [0.717, 1.165) is 46.8 Å². The first-order valence-corrected chi connectivity index (χ1v) is 26.0. The second-order valence-corrected chi connectivity index (χ2v) is 19.2. The predicted octanol–water partition coefficient (Wildman–Crippen LogP) is 2.74. The molecule has 0 saturated carbocycles. The van der Waals surface area contributed by atoms with E-state index < -0.39 is 60.6 Å². The van der Waals surface area contributed by atoms with Gasteiger partial charge in [0.05, 0.1) is 51.1 Å². The number of unbranched alkanes of at least 4 members (excludes halogenated alkanes) is 4. The zero-order valence-corrected chi connectivity index (χ0v) is 43.7. The van der Waals surface area contributed by atoms with Gasteiger partial charge in [0.15, 0.2) is 11.5 Å². The van der Waals surface area contributed by atoms with E-state index >= 15 is 0 Å². The first-order chi connectivity index (χ1) is 36.1. The molecule has 5 rings (SSSR count). The Kier molecular flexibility index (Phi) is 23.9. The van der Waals surface area contributed by atoms with E-state index in [0.29, 0.717) is 76.0 Å². The fraction of sp³-hybridized carbons (Fsp3) is 0.509. The van der Waals surface area contributed by atoms with Crippen LogP contribution in [0.2, 0.25) is 0 Å². The van der Waals surface area contributed by atoms with Crippen LogP contribution in [0.25, 0.3) is 22.1 Å². The molecule has 11 N–H and O–H groups in total. The molecule has 0 aliphatic carbocycles.